The largest absolute Gasteiger partial charge is 0.381 e. The van der Waals surface area contributed by atoms with E-state index in [1.807, 2.05) is 19.9 Å². The van der Waals surface area contributed by atoms with Crippen molar-refractivity contribution in [3.8, 4) is 0 Å². The number of nitrogens with one attached hydrogen (secondary N) is 1. The molecule has 1 aromatic heterocycles. The van der Waals surface area contributed by atoms with Crippen molar-refractivity contribution in [3.63, 3.8) is 0 Å². The van der Waals surface area contributed by atoms with Gasteiger partial charge in [-0.15, -0.1) is 0 Å². The monoisotopic (exact) mass is 266 g/mol. The summed E-state index contributed by atoms with van der Waals surface area (Å²) in [6.45, 7) is 6.25. The molecule has 1 aliphatic heterocycles. The van der Waals surface area contributed by atoms with Gasteiger partial charge < -0.3 is 15.8 Å². The Kier molecular flexibility index (Phi) is 4.21. The quantitative estimate of drug-likeness (QED) is 0.829. The van der Waals surface area contributed by atoms with Crippen LogP contribution in [0, 0.1) is 6.92 Å². The van der Waals surface area contributed by atoms with Crippen molar-refractivity contribution in [2.45, 2.75) is 38.8 Å². The zero-order valence-corrected chi connectivity index (χ0v) is 11.6. The molecule has 1 aromatic rings. The van der Waals surface area contributed by atoms with Gasteiger partial charge in [0.1, 0.15) is 5.69 Å². The molecule has 0 atom stereocenters. The molecule has 2 rings (SSSR count). The molecule has 3 N–H and O–H groups in total. The SMILES string of the molecule is CCn1nc(C)cc1C(=O)NC1(CN)CCOCC1. The van der Waals surface area contributed by atoms with Crippen molar-refractivity contribution < 1.29 is 9.53 Å². The zero-order valence-electron chi connectivity index (χ0n) is 11.6. The van der Waals surface area contributed by atoms with Crippen molar-refractivity contribution in [2.24, 2.45) is 5.73 Å². The minimum absolute atomic E-state index is 0.102. The number of ether oxygens (including phenoxy) is 1. The molecule has 1 saturated heterocycles. The molecule has 0 aliphatic carbocycles. The third-order valence-electron chi connectivity index (χ3n) is 3.65. The Bertz CT molecular complexity index is 449. The fourth-order valence-corrected chi connectivity index (χ4v) is 2.42. The first-order valence-electron chi connectivity index (χ1n) is 6.75. The maximum atomic E-state index is 12.4. The highest BCUT2D eigenvalue weighted by Gasteiger charge is 2.33. The van der Waals surface area contributed by atoms with Gasteiger partial charge in [0.05, 0.1) is 11.2 Å². The van der Waals surface area contributed by atoms with Crippen LogP contribution in [0.5, 0.6) is 0 Å². The maximum absolute atomic E-state index is 12.4. The Morgan fingerprint density at radius 3 is 2.84 bits per heavy atom. The molecule has 2 heterocycles. The highest BCUT2D eigenvalue weighted by Crippen LogP contribution is 2.20. The van der Waals surface area contributed by atoms with Crippen molar-refractivity contribution in [1.82, 2.24) is 15.1 Å². The topological polar surface area (TPSA) is 82.2 Å². The van der Waals surface area contributed by atoms with Crippen LogP contribution in [-0.2, 0) is 11.3 Å². The van der Waals surface area contributed by atoms with E-state index < -0.39 is 0 Å². The Balaban J connectivity index is 2.14. The fourth-order valence-electron chi connectivity index (χ4n) is 2.42. The van der Waals surface area contributed by atoms with Crippen LogP contribution in [0.1, 0.15) is 35.9 Å². The third kappa shape index (κ3) is 2.96. The number of rotatable bonds is 4. The van der Waals surface area contributed by atoms with Crippen LogP contribution in [0.15, 0.2) is 6.07 Å². The van der Waals surface area contributed by atoms with E-state index in [9.17, 15) is 4.79 Å². The van der Waals surface area contributed by atoms with Gasteiger partial charge in [-0.2, -0.15) is 5.10 Å². The molecule has 0 saturated carbocycles. The lowest BCUT2D eigenvalue weighted by Crippen LogP contribution is -2.56. The predicted molar refractivity (Wildman–Crippen MR) is 71.9 cm³/mol. The smallest absolute Gasteiger partial charge is 0.270 e. The average molecular weight is 266 g/mol. The lowest BCUT2D eigenvalue weighted by Gasteiger charge is -2.36. The van der Waals surface area contributed by atoms with Gasteiger partial charge >= 0.3 is 0 Å². The molecule has 0 radical (unpaired) electrons. The second kappa shape index (κ2) is 5.71. The average Bonchev–Trinajstić information content (AvgIpc) is 2.81. The fraction of sp³-hybridized carbons (Fsp3) is 0.692. The van der Waals surface area contributed by atoms with Gasteiger partial charge in [-0.25, -0.2) is 0 Å². The van der Waals surface area contributed by atoms with Gasteiger partial charge in [0.25, 0.3) is 5.91 Å². The molecule has 6 nitrogen and oxygen atoms in total. The number of aromatic nitrogens is 2. The van der Waals surface area contributed by atoms with E-state index in [4.69, 9.17) is 10.5 Å². The summed E-state index contributed by atoms with van der Waals surface area (Å²) in [4.78, 5) is 12.4. The van der Waals surface area contributed by atoms with Crippen LogP contribution >= 0.6 is 0 Å². The Morgan fingerprint density at radius 2 is 2.26 bits per heavy atom. The lowest BCUT2D eigenvalue weighted by molar-refractivity contribution is 0.0385. The molecule has 19 heavy (non-hydrogen) atoms. The highest BCUT2D eigenvalue weighted by molar-refractivity contribution is 5.93. The van der Waals surface area contributed by atoms with Gasteiger partial charge in [0, 0.05) is 26.3 Å². The Hall–Kier alpha value is -1.40. The van der Waals surface area contributed by atoms with Crippen LogP contribution in [0.2, 0.25) is 0 Å². The van der Waals surface area contributed by atoms with Crippen molar-refractivity contribution >= 4 is 5.91 Å². The summed E-state index contributed by atoms with van der Waals surface area (Å²) >= 11 is 0. The van der Waals surface area contributed by atoms with Gasteiger partial charge in [0.15, 0.2) is 0 Å². The predicted octanol–water partition coefficient (Wildman–Crippen LogP) is 0.449. The summed E-state index contributed by atoms with van der Waals surface area (Å²) in [6, 6.07) is 1.81. The van der Waals surface area contributed by atoms with E-state index >= 15 is 0 Å². The second-order valence-electron chi connectivity index (χ2n) is 5.04. The molecule has 1 amide bonds. The maximum Gasteiger partial charge on any atom is 0.270 e. The van der Waals surface area contributed by atoms with Gasteiger partial charge in [-0.05, 0) is 32.8 Å². The standard InChI is InChI=1S/C13H22N4O2/c1-3-17-11(8-10(2)16-17)12(18)15-13(9-14)4-6-19-7-5-13/h8H,3-7,9,14H2,1-2H3,(H,15,18). The minimum atomic E-state index is -0.341. The number of nitrogens with zero attached hydrogens (tertiary/aromatic N) is 2. The van der Waals surface area contributed by atoms with E-state index in [1.54, 1.807) is 4.68 Å². The van der Waals surface area contributed by atoms with Crippen LogP contribution in [-0.4, -0.2) is 41.0 Å². The number of carbonyl (C=O) groups is 1. The van der Waals surface area contributed by atoms with E-state index in [2.05, 4.69) is 10.4 Å². The summed E-state index contributed by atoms with van der Waals surface area (Å²) in [7, 11) is 0. The van der Waals surface area contributed by atoms with Gasteiger partial charge in [-0.1, -0.05) is 0 Å². The first-order valence-corrected chi connectivity index (χ1v) is 6.75. The molecule has 0 aromatic carbocycles. The number of hydrogen-bond donors (Lipinski definition) is 2. The normalized spacial score (nSPS) is 18.3. The van der Waals surface area contributed by atoms with Gasteiger partial charge in [0.2, 0.25) is 0 Å². The molecule has 1 fully saturated rings. The Morgan fingerprint density at radius 1 is 1.58 bits per heavy atom. The first kappa shape index (κ1) is 14.0. The number of amides is 1. The lowest BCUT2D eigenvalue weighted by atomic mass is 9.90. The molecule has 1 aliphatic rings. The zero-order chi connectivity index (χ0) is 13.9. The molecule has 6 heteroatoms. The number of carbonyl (C=O) groups excluding carboxylic acids is 1. The van der Waals surface area contributed by atoms with Crippen LogP contribution in [0.3, 0.4) is 0 Å². The van der Waals surface area contributed by atoms with Crippen LogP contribution in [0.4, 0.5) is 0 Å². The molecular weight excluding hydrogens is 244 g/mol. The van der Waals surface area contributed by atoms with Crippen molar-refractivity contribution in [3.05, 3.63) is 17.5 Å². The first-order chi connectivity index (χ1) is 9.10. The summed E-state index contributed by atoms with van der Waals surface area (Å²) in [5, 5.41) is 7.37. The van der Waals surface area contributed by atoms with E-state index in [0.29, 0.717) is 32.0 Å². The summed E-state index contributed by atoms with van der Waals surface area (Å²) in [6.07, 6.45) is 1.52. The van der Waals surface area contributed by atoms with Crippen LogP contribution in [0.25, 0.3) is 0 Å². The summed E-state index contributed by atoms with van der Waals surface area (Å²) in [5.41, 5.74) is 6.95. The molecule has 0 unspecified atom stereocenters. The van der Waals surface area contributed by atoms with Crippen molar-refractivity contribution in [2.75, 3.05) is 19.8 Å². The van der Waals surface area contributed by atoms with Crippen LogP contribution < -0.4 is 11.1 Å². The summed E-state index contributed by atoms with van der Waals surface area (Å²) in [5.74, 6) is -0.102. The molecule has 0 bridgehead atoms. The molecule has 106 valence electrons. The third-order valence-corrected chi connectivity index (χ3v) is 3.65. The van der Waals surface area contributed by atoms with E-state index in [0.717, 1.165) is 18.5 Å². The summed E-state index contributed by atoms with van der Waals surface area (Å²) < 4.78 is 7.05. The molecule has 0 spiro atoms. The van der Waals surface area contributed by atoms with Gasteiger partial charge in [-0.3, -0.25) is 9.48 Å². The number of hydrogen-bond acceptors (Lipinski definition) is 4. The Labute approximate surface area is 113 Å². The number of aryl methyl sites for hydroxylation is 2. The minimum Gasteiger partial charge on any atom is -0.381 e. The molecular formula is C13H22N4O2. The number of nitrogens with two attached hydrogens (primary N) is 1. The highest BCUT2D eigenvalue weighted by atomic mass is 16.5. The second-order valence-corrected chi connectivity index (χ2v) is 5.04. The van der Waals surface area contributed by atoms with E-state index in [1.165, 1.54) is 0 Å². The van der Waals surface area contributed by atoms with Crippen molar-refractivity contribution in [1.29, 1.82) is 0 Å². The van der Waals surface area contributed by atoms with E-state index in [-0.39, 0.29) is 11.4 Å².